The highest BCUT2D eigenvalue weighted by molar-refractivity contribution is 6.00. The molecular weight excluding hydrogens is 355 g/mol. The van der Waals surface area contributed by atoms with E-state index in [0.717, 1.165) is 30.4 Å². The predicted molar refractivity (Wildman–Crippen MR) is 106 cm³/mol. The summed E-state index contributed by atoms with van der Waals surface area (Å²) in [6, 6.07) is 15.5. The number of rotatable bonds is 5. The van der Waals surface area contributed by atoms with Gasteiger partial charge in [0.2, 0.25) is 5.91 Å². The lowest BCUT2D eigenvalue weighted by atomic mass is 9.63. The van der Waals surface area contributed by atoms with E-state index in [-0.39, 0.29) is 11.7 Å². The van der Waals surface area contributed by atoms with Gasteiger partial charge in [-0.25, -0.2) is 4.39 Å². The second-order valence-electron chi connectivity index (χ2n) is 7.17. The SMILES string of the molecule is Cc1cc(NC(=O)C2(c3cccc(F)c3)CCC2)ccc1Oc1cccnc1. The molecule has 28 heavy (non-hydrogen) atoms. The molecular formula is C23H21FN2O2. The zero-order valence-corrected chi connectivity index (χ0v) is 15.6. The van der Waals surface area contributed by atoms with Crippen LogP contribution >= 0.6 is 0 Å². The predicted octanol–water partition coefficient (Wildman–Crippen LogP) is 5.38. The van der Waals surface area contributed by atoms with Gasteiger partial charge in [0.25, 0.3) is 0 Å². The van der Waals surface area contributed by atoms with Gasteiger partial charge in [0.05, 0.1) is 11.6 Å². The van der Waals surface area contributed by atoms with Crippen LogP contribution in [-0.2, 0) is 10.2 Å². The Hall–Kier alpha value is -3.21. The topological polar surface area (TPSA) is 51.2 Å². The Morgan fingerprint density at radius 3 is 2.64 bits per heavy atom. The molecule has 0 atom stereocenters. The first-order valence-electron chi connectivity index (χ1n) is 9.33. The van der Waals surface area contributed by atoms with Crippen LogP contribution in [0.25, 0.3) is 0 Å². The van der Waals surface area contributed by atoms with Gasteiger partial charge in [0.15, 0.2) is 0 Å². The molecule has 1 aliphatic carbocycles. The quantitative estimate of drug-likeness (QED) is 0.650. The number of aryl methyl sites for hydroxylation is 1. The van der Waals surface area contributed by atoms with Gasteiger partial charge in [-0.1, -0.05) is 18.6 Å². The van der Waals surface area contributed by atoms with Gasteiger partial charge in [0.1, 0.15) is 17.3 Å². The number of benzene rings is 2. The molecule has 3 aromatic rings. The number of aromatic nitrogens is 1. The van der Waals surface area contributed by atoms with E-state index in [1.807, 2.05) is 43.3 Å². The molecule has 0 aliphatic heterocycles. The van der Waals surface area contributed by atoms with E-state index in [2.05, 4.69) is 10.3 Å². The second-order valence-corrected chi connectivity index (χ2v) is 7.17. The highest BCUT2D eigenvalue weighted by atomic mass is 19.1. The van der Waals surface area contributed by atoms with Crippen LogP contribution < -0.4 is 10.1 Å². The molecule has 5 heteroatoms. The fraction of sp³-hybridized carbons (Fsp3) is 0.217. The Labute approximate surface area is 163 Å². The number of amides is 1. The summed E-state index contributed by atoms with van der Waals surface area (Å²) >= 11 is 0. The molecule has 1 amide bonds. The maximum Gasteiger partial charge on any atom is 0.235 e. The number of carbonyl (C=O) groups excluding carboxylic acids is 1. The van der Waals surface area contributed by atoms with Crippen LogP contribution in [0, 0.1) is 12.7 Å². The summed E-state index contributed by atoms with van der Waals surface area (Å²) in [6.45, 7) is 1.92. The molecule has 1 N–H and O–H groups in total. The largest absolute Gasteiger partial charge is 0.455 e. The van der Waals surface area contributed by atoms with Gasteiger partial charge in [-0.05, 0) is 73.4 Å². The number of nitrogens with zero attached hydrogens (tertiary/aromatic N) is 1. The van der Waals surface area contributed by atoms with Gasteiger partial charge < -0.3 is 10.1 Å². The van der Waals surface area contributed by atoms with Crippen molar-refractivity contribution >= 4 is 11.6 Å². The van der Waals surface area contributed by atoms with E-state index in [1.165, 1.54) is 12.1 Å². The van der Waals surface area contributed by atoms with Crippen molar-refractivity contribution in [3.63, 3.8) is 0 Å². The molecule has 0 bridgehead atoms. The lowest BCUT2D eigenvalue weighted by Gasteiger charge is -2.40. The number of nitrogens with one attached hydrogen (secondary N) is 1. The monoisotopic (exact) mass is 376 g/mol. The van der Waals surface area contributed by atoms with E-state index in [4.69, 9.17) is 4.74 Å². The molecule has 4 rings (SSSR count). The van der Waals surface area contributed by atoms with Crippen LogP contribution in [0.1, 0.15) is 30.4 Å². The minimum atomic E-state index is -0.652. The molecule has 1 aliphatic rings. The zero-order chi connectivity index (χ0) is 19.6. The van der Waals surface area contributed by atoms with Crippen molar-refractivity contribution in [1.29, 1.82) is 0 Å². The summed E-state index contributed by atoms with van der Waals surface area (Å²) in [7, 11) is 0. The number of anilines is 1. The van der Waals surface area contributed by atoms with Gasteiger partial charge in [-0.15, -0.1) is 0 Å². The Balaban J connectivity index is 1.52. The molecule has 1 aromatic heterocycles. The van der Waals surface area contributed by atoms with Crippen molar-refractivity contribution in [2.75, 3.05) is 5.32 Å². The molecule has 2 aromatic carbocycles. The molecule has 0 spiro atoms. The van der Waals surface area contributed by atoms with Gasteiger partial charge >= 0.3 is 0 Å². The second kappa shape index (κ2) is 7.43. The summed E-state index contributed by atoms with van der Waals surface area (Å²) < 4.78 is 19.5. The molecule has 1 saturated carbocycles. The van der Waals surface area contributed by atoms with E-state index >= 15 is 0 Å². The number of halogens is 1. The van der Waals surface area contributed by atoms with Crippen LogP contribution in [0.4, 0.5) is 10.1 Å². The lowest BCUT2D eigenvalue weighted by Crippen LogP contribution is -2.46. The van der Waals surface area contributed by atoms with Crippen LogP contribution in [-0.4, -0.2) is 10.9 Å². The number of hydrogen-bond acceptors (Lipinski definition) is 3. The molecule has 0 unspecified atom stereocenters. The summed E-state index contributed by atoms with van der Waals surface area (Å²) in [6.07, 6.45) is 5.75. The summed E-state index contributed by atoms with van der Waals surface area (Å²) in [5, 5.41) is 3.01. The fourth-order valence-corrected chi connectivity index (χ4v) is 3.59. The minimum Gasteiger partial charge on any atom is -0.455 e. The van der Waals surface area contributed by atoms with E-state index in [0.29, 0.717) is 17.2 Å². The average Bonchev–Trinajstić information content (AvgIpc) is 2.64. The van der Waals surface area contributed by atoms with Crippen LogP contribution in [0.2, 0.25) is 0 Å². The lowest BCUT2D eigenvalue weighted by molar-refractivity contribution is -0.124. The molecule has 1 heterocycles. The third-order valence-corrected chi connectivity index (χ3v) is 5.31. The molecule has 0 radical (unpaired) electrons. The Kier molecular flexibility index (Phi) is 4.82. The number of hydrogen-bond donors (Lipinski definition) is 1. The standard InChI is InChI=1S/C23H21FN2O2/c1-16-13-19(8-9-21(16)28-20-7-3-12-25-15-20)26-22(27)23(10-4-11-23)17-5-2-6-18(24)14-17/h2-3,5-9,12-15H,4,10-11H2,1H3,(H,26,27). The van der Waals surface area contributed by atoms with E-state index in [1.54, 1.807) is 18.5 Å². The van der Waals surface area contributed by atoms with E-state index in [9.17, 15) is 9.18 Å². The van der Waals surface area contributed by atoms with Crippen molar-refractivity contribution in [1.82, 2.24) is 4.98 Å². The number of ether oxygens (including phenoxy) is 1. The summed E-state index contributed by atoms with van der Waals surface area (Å²) in [5.41, 5.74) is 1.68. The number of pyridine rings is 1. The van der Waals surface area contributed by atoms with Gasteiger partial charge in [0, 0.05) is 11.9 Å². The highest BCUT2D eigenvalue weighted by Crippen LogP contribution is 2.45. The van der Waals surface area contributed by atoms with Crippen molar-refractivity contribution < 1.29 is 13.9 Å². The van der Waals surface area contributed by atoms with Crippen LogP contribution in [0.3, 0.4) is 0 Å². The Morgan fingerprint density at radius 2 is 2.00 bits per heavy atom. The molecule has 0 saturated heterocycles. The minimum absolute atomic E-state index is 0.0929. The normalized spacial score (nSPS) is 14.8. The third-order valence-electron chi connectivity index (χ3n) is 5.31. The summed E-state index contributed by atoms with van der Waals surface area (Å²) in [5.74, 6) is 0.949. The number of carbonyl (C=O) groups is 1. The van der Waals surface area contributed by atoms with Crippen LogP contribution in [0.15, 0.2) is 67.0 Å². The van der Waals surface area contributed by atoms with Gasteiger partial charge in [-0.2, -0.15) is 0 Å². The van der Waals surface area contributed by atoms with Crippen LogP contribution in [0.5, 0.6) is 11.5 Å². The first kappa shape index (κ1) is 18.2. The Morgan fingerprint density at radius 1 is 1.14 bits per heavy atom. The molecule has 4 nitrogen and oxygen atoms in total. The smallest absolute Gasteiger partial charge is 0.235 e. The van der Waals surface area contributed by atoms with Crippen molar-refractivity contribution in [3.05, 3.63) is 83.9 Å². The third kappa shape index (κ3) is 3.48. The average molecular weight is 376 g/mol. The van der Waals surface area contributed by atoms with Crippen molar-refractivity contribution in [2.45, 2.75) is 31.6 Å². The first-order chi connectivity index (χ1) is 13.6. The zero-order valence-electron chi connectivity index (χ0n) is 15.6. The van der Waals surface area contributed by atoms with Crippen molar-refractivity contribution in [2.24, 2.45) is 0 Å². The molecule has 142 valence electrons. The first-order valence-corrected chi connectivity index (χ1v) is 9.33. The maximum absolute atomic E-state index is 13.7. The highest BCUT2D eigenvalue weighted by Gasteiger charge is 2.45. The van der Waals surface area contributed by atoms with E-state index < -0.39 is 5.41 Å². The summed E-state index contributed by atoms with van der Waals surface area (Å²) in [4.78, 5) is 17.1. The molecule has 1 fully saturated rings. The Bertz CT molecular complexity index is 1000. The van der Waals surface area contributed by atoms with Gasteiger partial charge in [-0.3, -0.25) is 9.78 Å². The maximum atomic E-state index is 13.7. The van der Waals surface area contributed by atoms with Crippen molar-refractivity contribution in [3.8, 4) is 11.5 Å². The fourth-order valence-electron chi connectivity index (χ4n) is 3.59.